The number of ketones is 1. The molecule has 0 aromatic carbocycles. The Kier molecular flexibility index (Phi) is 3.62. The molecule has 0 unspecified atom stereocenters. The third-order valence-corrected chi connectivity index (χ3v) is 3.68. The molecule has 0 saturated carbocycles. The van der Waals surface area contributed by atoms with Crippen molar-refractivity contribution in [1.29, 1.82) is 0 Å². The van der Waals surface area contributed by atoms with E-state index in [-0.39, 0.29) is 16.1 Å². The van der Waals surface area contributed by atoms with Crippen molar-refractivity contribution in [1.82, 2.24) is 9.78 Å². The zero-order valence-electron chi connectivity index (χ0n) is 10.9. The maximum atomic E-state index is 13.1. The number of aromatic nitrogens is 2. The second-order valence-electron chi connectivity index (χ2n) is 4.22. The van der Waals surface area contributed by atoms with Crippen molar-refractivity contribution in [3.8, 4) is 11.1 Å². The van der Waals surface area contributed by atoms with Gasteiger partial charge >= 0.3 is 12.1 Å². The molecule has 5 nitrogen and oxygen atoms in total. The lowest BCUT2D eigenvalue weighted by Gasteiger charge is -2.07. The van der Waals surface area contributed by atoms with Gasteiger partial charge in [-0.05, 0) is 11.4 Å². The first-order valence-electron chi connectivity index (χ1n) is 5.61. The number of rotatable bonds is 3. The molecule has 0 fully saturated rings. The van der Waals surface area contributed by atoms with Gasteiger partial charge in [0.05, 0.1) is 0 Å². The Labute approximate surface area is 120 Å². The van der Waals surface area contributed by atoms with Gasteiger partial charge in [0.1, 0.15) is 10.6 Å². The number of hydrogen-bond acceptors (Lipinski definition) is 4. The minimum atomic E-state index is -4.79. The van der Waals surface area contributed by atoms with Crippen molar-refractivity contribution in [3.63, 3.8) is 0 Å². The molecule has 2 aromatic rings. The van der Waals surface area contributed by atoms with Gasteiger partial charge in [-0.25, -0.2) is 4.79 Å². The molecule has 0 spiro atoms. The van der Waals surface area contributed by atoms with Gasteiger partial charge in [0.25, 0.3) is 0 Å². The summed E-state index contributed by atoms with van der Waals surface area (Å²) in [5.74, 6) is -1.98. The number of aromatic carboxylic acids is 1. The average molecular weight is 318 g/mol. The standard InChI is InChI=1S/C12H9F3N2O3S/c1-5(18)8-7(6-3-4-21-9(6)11(19)20)10(12(13,14)15)16-17(8)2/h3-4H,1-2H3,(H,19,20). The predicted octanol–water partition coefficient (Wildman–Crippen LogP) is 3.07. The Morgan fingerprint density at radius 2 is 2.00 bits per heavy atom. The average Bonchev–Trinajstić information content (AvgIpc) is 2.90. The number of Topliss-reactive ketones (excluding diaryl/α,β-unsaturated/α-hetero) is 1. The van der Waals surface area contributed by atoms with Crippen LogP contribution >= 0.6 is 11.3 Å². The Morgan fingerprint density at radius 3 is 2.48 bits per heavy atom. The minimum Gasteiger partial charge on any atom is -0.477 e. The van der Waals surface area contributed by atoms with E-state index in [4.69, 9.17) is 5.11 Å². The van der Waals surface area contributed by atoms with Crippen LogP contribution in [0.5, 0.6) is 0 Å². The van der Waals surface area contributed by atoms with E-state index in [0.29, 0.717) is 0 Å². The van der Waals surface area contributed by atoms with Crippen molar-refractivity contribution in [3.05, 3.63) is 27.7 Å². The van der Waals surface area contributed by atoms with Crippen LogP contribution in [0.4, 0.5) is 13.2 Å². The van der Waals surface area contributed by atoms with E-state index >= 15 is 0 Å². The van der Waals surface area contributed by atoms with E-state index in [1.54, 1.807) is 0 Å². The smallest absolute Gasteiger partial charge is 0.435 e. The van der Waals surface area contributed by atoms with Gasteiger partial charge in [-0.1, -0.05) is 0 Å². The molecule has 0 amide bonds. The van der Waals surface area contributed by atoms with E-state index in [2.05, 4.69) is 5.10 Å². The molecular formula is C12H9F3N2O3S. The van der Waals surface area contributed by atoms with Crippen LogP contribution in [0.2, 0.25) is 0 Å². The Balaban J connectivity index is 2.86. The van der Waals surface area contributed by atoms with Crippen molar-refractivity contribution in [2.45, 2.75) is 13.1 Å². The van der Waals surface area contributed by atoms with E-state index in [1.807, 2.05) is 0 Å². The summed E-state index contributed by atoms with van der Waals surface area (Å²) < 4.78 is 40.1. The number of carboxylic acids is 1. The van der Waals surface area contributed by atoms with Crippen molar-refractivity contribution < 1.29 is 27.9 Å². The van der Waals surface area contributed by atoms with Crippen LogP contribution in [0.3, 0.4) is 0 Å². The summed E-state index contributed by atoms with van der Waals surface area (Å²) in [4.78, 5) is 22.5. The molecule has 0 bridgehead atoms. The zero-order valence-corrected chi connectivity index (χ0v) is 11.7. The molecule has 0 aliphatic heterocycles. The lowest BCUT2D eigenvalue weighted by Crippen LogP contribution is -2.09. The van der Waals surface area contributed by atoms with E-state index in [9.17, 15) is 22.8 Å². The van der Waals surface area contributed by atoms with Gasteiger partial charge in [0.2, 0.25) is 0 Å². The molecule has 0 radical (unpaired) electrons. The lowest BCUT2D eigenvalue weighted by molar-refractivity contribution is -0.141. The first-order valence-corrected chi connectivity index (χ1v) is 6.48. The predicted molar refractivity (Wildman–Crippen MR) is 68.5 cm³/mol. The number of nitrogens with zero attached hydrogens (tertiary/aromatic N) is 2. The quantitative estimate of drug-likeness (QED) is 0.883. The molecule has 1 N–H and O–H groups in total. The molecule has 0 atom stereocenters. The molecule has 9 heteroatoms. The van der Waals surface area contributed by atoms with Crippen LogP contribution in [-0.2, 0) is 13.2 Å². The number of thiophene rings is 1. The van der Waals surface area contributed by atoms with Crippen LogP contribution in [-0.4, -0.2) is 26.6 Å². The molecule has 0 saturated heterocycles. The van der Waals surface area contributed by atoms with Crippen molar-refractivity contribution in [2.75, 3.05) is 0 Å². The van der Waals surface area contributed by atoms with Gasteiger partial charge in [-0.2, -0.15) is 18.3 Å². The van der Waals surface area contributed by atoms with E-state index in [0.717, 1.165) is 22.9 Å². The number of hydrogen-bond donors (Lipinski definition) is 1. The summed E-state index contributed by atoms with van der Waals surface area (Å²) >= 11 is 0.786. The van der Waals surface area contributed by atoms with Gasteiger partial charge in [0, 0.05) is 25.1 Å². The summed E-state index contributed by atoms with van der Waals surface area (Å²) in [5.41, 5.74) is -2.19. The maximum absolute atomic E-state index is 13.1. The second kappa shape index (κ2) is 4.99. The topological polar surface area (TPSA) is 72.2 Å². The number of aryl methyl sites for hydroxylation is 1. The first kappa shape index (κ1) is 15.2. The number of alkyl halides is 3. The number of carbonyl (C=O) groups excluding carboxylic acids is 1. The summed E-state index contributed by atoms with van der Waals surface area (Å²) in [7, 11) is 1.21. The van der Waals surface area contributed by atoms with Crippen LogP contribution in [0, 0.1) is 0 Å². The van der Waals surface area contributed by atoms with Gasteiger partial charge < -0.3 is 5.11 Å². The highest BCUT2D eigenvalue weighted by atomic mass is 32.1. The third kappa shape index (κ3) is 2.56. The van der Waals surface area contributed by atoms with Crippen LogP contribution in [0.15, 0.2) is 11.4 Å². The Bertz CT molecular complexity index is 731. The summed E-state index contributed by atoms with van der Waals surface area (Å²) in [6, 6.07) is 1.24. The number of carboxylic acid groups (broad SMARTS) is 1. The van der Waals surface area contributed by atoms with Crippen molar-refractivity contribution in [2.24, 2.45) is 7.05 Å². The van der Waals surface area contributed by atoms with Gasteiger partial charge in [-0.3, -0.25) is 9.48 Å². The van der Waals surface area contributed by atoms with Crippen molar-refractivity contribution >= 4 is 23.1 Å². The highest BCUT2D eigenvalue weighted by molar-refractivity contribution is 7.12. The number of halogens is 3. The molecule has 112 valence electrons. The number of carbonyl (C=O) groups is 2. The monoisotopic (exact) mass is 318 g/mol. The fourth-order valence-corrected chi connectivity index (χ4v) is 2.79. The molecule has 2 rings (SSSR count). The van der Waals surface area contributed by atoms with E-state index in [1.165, 1.54) is 18.5 Å². The lowest BCUT2D eigenvalue weighted by atomic mass is 10.0. The Hall–Kier alpha value is -2.16. The summed E-state index contributed by atoms with van der Waals surface area (Å²) in [6.07, 6.45) is -4.79. The zero-order chi connectivity index (χ0) is 15.9. The van der Waals surface area contributed by atoms with E-state index < -0.39 is 29.2 Å². The normalized spacial score (nSPS) is 11.7. The SMILES string of the molecule is CC(=O)c1c(-c2ccsc2C(=O)O)c(C(F)(F)F)nn1C. The fourth-order valence-electron chi connectivity index (χ4n) is 2.05. The highest BCUT2D eigenvalue weighted by Crippen LogP contribution is 2.41. The van der Waals surface area contributed by atoms with Crippen LogP contribution in [0.25, 0.3) is 11.1 Å². The largest absolute Gasteiger partial charge is 0.477 e. The molecule has 0 aliphatic rings. The molecular weight excluding hydrogens is 309 g/mol. The second-order valence-corrected chi connectivity index (χ2v) is 5.13. The summed E-state index contributed by atoms with van der Waals surface area (Å²) in [6.45, 7) is 1.10. The third-order valence-electron chi connectivity index (χ3n) is 2.78. The summed E-state index contributed by atoms with van der Waals surface area (Å²) in [5, 5.41) is 13.8. The van der Waals surface area contributed by atoms with Crippen LogP contribution in [0.1, 0.15) is 32.8 Å². The molecule has 2 heterocycles. The maximum Gasteiger partial charge on any atom is 0.435 e. The van der Waals surface area contributed by atoms with Crippen LogP contribution < -0.4 is 0 Å². The molecule has 21 heavy (non-hydrogen) atoms. The Morgan fingerprint density at radius 1 is 1.38 bits per heavy atom. The van der Waals surface area contributed by atoms with Gasteiger partial charge in [0.15, 0.2) is 11.5 Å². The highest BCUT2D eigenvalue weighted by Gasteiger charge is 2.41. The van der Waals surface area contributed by atoms with Gasteiger partial charge in [-0.15, -0.1) is 11.3 Å². The first-order chi connectivity index (χ1) is 9.64. The minimum absolute atomic E-state index is 0.155. The fraction of sp³-hybridized carbons (Fsp3) is 0.250. The molecule has 2 aromatic heterocycles. The molecule has 0 aliphatic carbocycles.